The summed E-state index contributed by atoms with van der Waals surface area (Å²) in [5.74, 6) is 0.805. The Morgan fingerprint density at radius 1 is 1.25 bits per heavy atom. The van der Waals surface area contributed by atoms with E-state index in [1.54, 1.807) is 0 Å². The molecule has 1 saturated heterocycles. The molecular formula is C18H27NO. The van der Waals surface area contributed by atoms with E-state index in [2.05, 4.69) is 41.8 Å². The molecule has 1 aromatic rings. The van der Waals surface area contributed by atoms with Crippen molar-refractivity contribution in [1.29, 1.82) is 0 Å². The Labute approximate surface area is 123 Å². The summed E-state index contributed by atoms with van der Waals surface area (Å²) < 4.78 is 0. The van der Waals surface area contributed by atoms with E-state index >= 15 is 0 Å². The lowest BCUT2D eigenvalue weighted by Gasteiger charge is -2.33. The zero-order valence-electron chi connectivity index (χ0n) is 12.4. The third-order valence-corrected chi connectivity index (χ3v) is 4.25. The van der Waals surface area contributed by atoms with Crippen molar-refractivity contribution in [3.8, 4) is 0 Å². The average molecular weight is 273 g/mol. The van der Waals surface area contributed by atoms with Gasteiger partial charge in [0, 0.05) is 6.54 Å². The zero-order chi connectivity index (χ0) is 14.2. The fourth-order valence-electron chi connectivity index (χ4n) is 3.02. The van der Waals surface area contributed by atoms with Gasteiger partial charge in [0.05, 0.1) is 6.10 Å². The highest BCUT2D eigenvalue weighted by Crippen LogP contribution is 2.21. The Bertz CT molecular complexity index is 382. The quantitative estimate of drug-likeness (QED) is 0.771. The molecule has 1 aliphatic rings. The number of allylic oxidation sites excluding steroid dienone is 1. The van der Waals surface area contributed by atoms with Crippen LogP contribution in [-0.4, -0.2) is 35.7 Å². The number of rotatable bonds is 7. The van der Waals surface area contributed by atoms with Crippen LogP contribution in [0.2, 0.25) is 0 Å². The number of aliphatic hydroxyl groups excluding tert-OH is 1. The number of likely N-dealkylation sites (tertiary alicyclic amines) is 1. The second-order valence-electron chi connectivity index (χ2n) is 5.95. The Balaban J connectivity index is 1.68. The van der Waals surface area contributed by atoms with Gasteiger partial charge >= 0.3 is 0 Å². The van der Waals surface area contributed by atoms with E-state index in [0.717, 1.165) is 38.4 Å². The molecule has 1 N–H and O–H groups in total. The molecule has 2 nitrogen and oxygen atoms in total. The van der Waals surface area contributed by atoms with Gasteiger partial charge in [-0.1, -0.05) is 36.4 Å². The molecule has 1 fully saturated rings. The molecule has 0 saturated carbocycles. The van der Waals surface area contributed by atoms with Crippen molar-refractivity contribution >= 4 is 0 Å². The molecular weight excluding hydrogens is 246 g/mol. The first-order valence-corrected chi connectivity index (χ1v) is 7.83. The van der Waals surface area contributed by atoms with Gasteiger partial charge in [0.15, 0.2) is 0 Å². The van der Waals surface area contributed by atoms with Crippen LogP contribution in [0.25, 0.3) is 0 Å². The third kappa shape index (κ3) is 5.10. The van der Waals surface area contributed by atoms with E-state index in [9.17, 15) is 5.11 Å². The standard InChI is InChI=1S/C18H27NO/c1-2-3-9-18(20)15-19-12-10-17(11-13-19)14-16-7-5-4-6-8-16/h2,4-8,17-18,20H,1,3,9-15H2. The number of benzene rings is 1. The van der Waals surface area contributed by atoms with Gasteiger partial charge in [-0.3, -0.25) is 0 Å². The predicted molar refractivity (Wildman–Crippen MR) is 84.7 cm³/mol. The van der Waals surface area contributed by atoms with Crippen molar-refractivity contribution in [2.24, 2.45) is 5.92 Å². The topological polar surface area (TPSA) is 23.5 Å². The normalized spacial score (nSPS) is 18.9. The van der Waals surface area contributed by atoms with Crippen molar-refractivity contribution in [2.75, 3.05) is 19.6 Å². The van der Waals surface area contributed by atoms with Crippen molar-refractivity contribution < 1.29 is 5.11 Å². The lowest BCUT2D eigenvalue weighted by molar-refractivity contribution is 0.0845. The van der Waals surface area contributed by atoms with Crippen LogP contribution in [0.1, 0.15) is 31.2 Å². The van der Waals surface area contributed by atoms with Crippen LogP contribution in [0, 0.1) is 5.92 Å². The Morgan fingerprint density at radius 2 is 1.95 bits per heavy atom. The van der Waals surface area contributed by atoms with Crippen LogP contribution in [0.3, 0.4) is 0 Å². The number of hydrogen-bond donors (Lipinski definition) is 1. The monoisotopic (exact) mass is 273 g/mol. The minimum absolute atomic E-state index is 0.196. The van der Waals surface area contributed by atoms with Gasteiger partial charge in [0.1, 0.15) is 0 Å². The maximum absolute atomic E-state index is 9.94. The summed E-state index contributed by atoms with van der Waals surface area (Å²) in [4.78, 5) is 2.41. The molecule has 110 valence electrons. The van der Waals surface area contributed by atoms with Gasteiger partial charge in [0.2, 0.25) is 0 Å². The van der Waals surface area contributed by atoms with Crippen LogP contribution < -0.4 is 0 Å². The van der Waals surface area contributed by atoms with Gasteiger partial charge < -0.3 is 10.0 Å². The lowest BCUT2D eigenvalue weighted by Crippen LogP contribution is -2.39. The second-order valence-corrected chi connectivity index (χ2v) is 5.95. The van der Waals surface area contributed by atoms with Crippen molar-refractivity contribution in [2.45, 2.75) is 38.2 Å². The molecule has 1 unspecified atom stereocenters. The van der Waals surface area contributed by atoms with Crippen molar-refractivity contribution in [3.05, 3.63) is 48.6 Å². The molecule has 0 amide bonds. The molecule has 0 radical (unpaired) electrons. The minimum Gasteiger partial charge on any atom is -0.392 e. The number of nitrogens with zero attached hydrogens (tertiary/aromatic N) is 1. The summed E-state index contributed by atoms with van der Waals surface area (Å²) in [6.45, 7) is 6.79. The van der Waals surface area contributed by atoms with Gasteiger partial charge in [-0.15, -0.1) is 6.58 Å². The predicted octanol–water partition coefficient (Wildman–Crippen LogP) is 3.27. The van der Waals surface area contributed by atoms with Crippen LogP contribution >= 0.6 is 0 Å². The highest BCUT2D eigenvalue weighted by Gasteiger charge is 2.20. The number of aliphatic hydroxyl groups is 1. The molecule has 1 atom stereocenters. The summed E-state index contributed by atoms with van der Waals surface area (Å²) >= 11 is 0. The first kappa shape index (κ1) is 15.3. The highest BCUT2D eigenvalue weighted by molar-refractivity contribution is 5.15. The summed E-state index contributed by atoms with van der Waals surface area (Å²) in [6, 6.07) is 10.8. The number of piperidine rings is 1. The molecule has 0 aromatic heterocycles. The van der Waals surface area contributed by atoms with E-state index in [1.165, 1.54) is 24.8 Å². The van der Waals surface area contributed by atoms with E-state index in [-0.39, 0.29) is 6.10 Å². The largest absolute Gasteiger partial charge is 0.392 e. The summed E-state index contributed by atoms with van der Waals surface area (Å²) in [5.41, 5.74) is 1.46. The second kappa shape index (κ2) is 8.23. The zero-order valence-corrected chi connectivity index (χ0v) is 12.4. The first-order chi connectivity index (χ1) is 9.78. The number of hydrogen-bond acceptors (Lipinski definition) is 2. The molecule has 1 aliphatic heterocycles. The Morgan fingerprint density at radius 3 is 2.60 bits per heavy atom. The fraction of sp³-hybridized carbons (Fsp3) is 0.556. The molecule has 0 spiro atoms. The summed E-state index contributed by atoms with van der Waals surface area (Å²) in [5, 5.41) is 9.94. The summed E-state index contributed by atoms with van der Waals surface area (Å²) in [7, 11) is 0. The molecule has 0 aliphatic carbocycles. The SMILES string of the molecule is C=CCCC(O)CN1CCC(Cc2ccccc2)CC1. The van der Waals surface area contributed by atoms with E-state index in [4.69, 9.17) is 0 Å². The summed E-state index contributed by atoms with van der Waals surface area (Å²) in [6.07, 6.45) is 7.15. The van der Waals surface area contributed by atoms with E-state index in [0.29, 0.717) is 0 Å². The molecule has 20 heavy (non-hydrogen) atoms. The van der Waals surface area contributed by atoms with Gasteiger partial charge in [-0.2, -0.15) is 0 Å². The van der Waals surface area contributed by atoms with Crippen molar-refractivity contribution in [1.82, 2.24) is 4.90 Å². The van der Waals surface area contributed by atoms with Crippen LogP contribution in [0.15, 0.2) is 43.0 Å². The van der Waals surface area contributed by atoms with Gasteiger partial charge in [0.25, 0.3) is 0 Å². The average Bonchev–Trinajstić information content (AvgIpc) is 2.48. The Hall–Kier alpha value is -1.12. The van der Waals surface area contributed by atoms with Gasteiger partial charge in [-0.05, 0) is 56.7 Å². The van der Waals surface area contributed by atoms with Crippen LogP contribution in [0.5, 0.6) is 0 Å². The third-order valence-electron chi connectivity index (χ3n) is 4.25. The first-order valence-electron chi connectivity index (χ1n) is 7.83. The Kier molecular flexibility index (Phi) is 6.28. The van der Waals surface area contributed by atoms with Crippen LogP contribution in [-0.2, 0) is 6.42 Å². The highest BCUT2D eigenvalue weighted by atomic mass is 16.3. The molecule has 2 rings (SSSR count). The molecule has 1 aromatic carbocycles. The maximum Gasteiger partial charge on any atom is 0.0670 e. The van der Waals surface area contributed by atoms with E-state index < -0.39 is 0 Å². The smallest absolute Gasteiger partial charge is 0.0670 e. The maximum atomic E-state index is 9.94. The lowest BCUT2D eigenvalue weighted by atomic mass is 9.90. The van der Waals surface area contributed by atoms with Crippen LogP contribution in [0.4, 0.5) is 0 Å². The fourth-order valence-corrected chi connectivity index (χ4v) is 3.02. The minimum atomic E-state index is -0.196. The van der Waals surface area contributed by atoms with E-state index in [1.807, 2.05) is 6.08 Å². The van der Waals surface area contributed by atoms with Crippen molar-refractivity contribution in [3.63, 3.8) is 0 Å². The molecule has 1 heterocycles. The molecule has 2 heteroatoms. The van der Waals surface area contributed by atoms with Gasteiger partial charge in [-0.25, -0.2) is 0 Å². The molecule has 0 bridgehead atoms. The number of β-amino-alcohol motifs (C(OH)–C–C–N with tert-alkyl or cyclic N) is 1.